The molecule has 1 aromatic carbocycles. The van der Waals surface area contributed by atoms with E-state index in [0.717, 1.165) is 0 Å². The van der Waals surface area contributed by atoms with Gasteiger partial charge in [0.1, 0.15) is 0 Å². The van der Waals surface area contributed by atoms with Crippen LogP contribution in [0.25, 0.3) is 0 Å². The number of rotatable bonds is 6. The van der Waals surface area contributed by atoms with Crippen molar-refractivity contribution in [2.75, 3.05) is 18.9 Å². The molecular formula is C12H19ClN2O3S. The van der Waals surface area contributed by atoms with Gasteiger partial charge in [-0.3, -0.25) is 0 Å². The van der Waals surface area contributed by atoms with E-state index in [-0.39, 0.29) is 17.5 Å². The standard InChI is InChI=1S/C12H19ClN2O3S/c1-8(2)18-5-4-15-19(16,17)12-7-10(13)6-11(14)9(12)3/h6-8,15H,4-5,14H2,1-3H3. The van der Waals surface area contributed by atoms with Crippen LogP contribution in [0.3, 0.4) is 0 Å². The molecule has 0 radical (unpaired) electrons. The lowest BCUT2D eigenvalue weighted by Gasteiger charge is -2.12. The highest BCUT2D eigenvalue weighted by molar-refractivity contribution is 7.89. The molecule has 0 aliphatic carbocycles. The van der Waals surface area contributed by atoms with Gasteiger partial charge >= 0.3 is 0 Å². The molecule has 0 aliphatic heterocycles. The molecule has 0 bridgehead atoms. The van der Waals surface area contributed by atoms with Crippen LogP contribution < -0.4 is 10.5 Å². The zero-order valence-electron chi connectivity index (χ0n) is 11.2. The van der Waals surface area contributed by atoms with E-state index in [0.29, 0.717) is 22.9 Å². The summed E-state index contributed by atoms with van der Waals surface area (Å²) in [6.45, 7) is 5.93. The predicted octanol–water partition coefficient (Wildman–Crippen LogP) is 1.93. The summed E-state index contributed by atoms with van der Waals surface area (Å²) in [4.78, 5) is 0.0991. The van der Waals surface area contributed by atoms with Crippen LogP contribution in [0, 0.1) is 6.92 Å². The van der Waals surface area contributed by atoms with E-state index < -0.39 is 10.0 Å². The third-order valence-electron chi connectivity index (χ3n) is 2.50. The molecule has 0 aliphatic rings. The Morgan fingerprint density at radius 2 is 2.05 bits per heavy atom. The van der Waals surface area contributed by atoms with Crippen molar-refractivity contribution in [1.82, 2.24) is 4.72 Å². The van der Waals surface area contributed by atoms with Gasteiger partial charge in [-0.25, -0.2) is 13.1 Å². The fourth-order valence-electron chi connectivity index (χ4n) is 1.50. The molecule has 7 heteroatoms. The highest BCUT2D eigenvalue weighted by atomic mass is 35.5. The number of anilines is 1. The summed E-state index contributed by atoms with van der Waals surface area (Å²) in [5.41, 5.74) is 6.55. The lowest BCUT2D eigenvalue weighted by Crippen LogP contribution is -2.29. The Labute approximate surface area is 119 Å². The van der Waals surface area contributed by atoms with Crippen molar-refractivity contribution in [2.45, 2.75) is 31.8 Å². The molecule has 0 spiro atoms. The van der Waals surface area contributed by atoms with E-state index in [2.05, 4.69) is 4.72 Å². The summed E-state index contributed by atoms with van der Waals surface area (Å²) in [7, 11) is -3.63. The molecule has 0 fully saturated rings. The topological polar surface area (TPSA) is 81.4 Å². The van der Waals surface area contributed by atoms with Gasteiger partial charge in [0, 0.05) is 17.3 Å². The van der Waals surface area contributed by atoms with Crippen molar-refractivity contribution in [3.63, 3.8) is 0 Å². The molecular weight excluding hydrogens is 288 g/mol. The van der Waals surface area contributed by atoms with E-state index in [9.17, 15) is 8.42 Å². The van der Waals surface area contributed by atoms with Crippen molar-refractivity contribution in [1.29, 1.82) is 0 Å². The zero-order chi connectivity index (χ0) is 14.6. The van der Waals surface area contributed by atoms with Gasteiger partial charge in [0.15, 0.2) is 0 Å². The lowest BCUT2D eigenvalue weighted by molar-refractivity contribution is 0.0834. The van der Waals surface area contributed by atoms with Gasteiger partial charge in [0.25, 0.3) is 0 Å². The largest absolute Gasteiger partial charge is 0.398 e. The number of benzene rings is 1. The van der Waals surface area contributed by atoms with Crippen LogP contribution in [-0.2, 0) is 14.8 Å². The minimum atomic E-state index is -3.63. The Bertz CT molecular complexity index is 544. The smallest absolute Gasteiger partial charge is 0.241 e. The van der Waals surface area contributed by atoms with Crippen LogP contribution in [0.2, 0.25) is 5.02 Å². The zero-order valence-corrected chi connectivity index (χ0v) is 12.8. The van der Waals surface area contributed by atoms with Crippen molar-refractivity contribution < 1.29 is 13.2 Å². The Balaban J connectivity index is 2.83. The maximum atomic E-state index is 12.1. The van der Waals surface area contributed by atoms with Crippen LogP contribution in [0.4, 0.5) is 5.69 Å². The quantitative estimate of drug-likeness (QED) is 0.621. The summed E-state index contributed by atoms with van der Waals surface area (Å²) < 4.78 is 32.0. The first kappa shape index (κ1) is 16.2. The molecule has 0 aromatic heterocycles. The van der Waals surface area contributed by atoms with Crippen molar-refractivity contribution in [3.8, 4) is 0 Å². The number of nitrogens with two attached hydrogens (primary N) is 1. The number of hydrogen-bond donors (Lipinski definition) is 2. The van der Waals surface area contributed by atoms with Gasteiger partial charge in [-0.15, -0.1) is 0 Å². The first-order valence-electron chi connectivity index (χ1n) is 5.91. The van der Waals surface area contributed by atoms with Crippen molar-refractivity contribution in [2.24, 2.45) is 0 Å². The number of hydrogen-bond acceptors (Lipinski definition) is 4. The Kier molecular flexibility index (Phi) is 5.61. The van der Waals surface area contributed by atoms with Crippen LogP contribution in [0.5, 0.6) is 0 Å². The molecule has 1 aromatic rings. The van der Waals surface area contributed by atoms with Crippen LogP contribution in [0.15, 0.2) is 17.0 Å². The third-order valence-corrected chi connectivity index (χ3v) is 4.31. The second kappa shape index (κ2) is 6.56. The minimum absolute atomic E-state index is 0.0630. The molecule has 0 saturated carbocycles. The third kappa shape index (κ3) is 4.65. The molecule has 0 saturated heterocycles. The fourth-order valence-corrected chi connectivity index (χ4v) is 3.10. The number of nitrogen functional groups attached to an aromatic ring is 1. The van der Waals surface area contributed by atoms with E-state index in [1.54, 1.807) is 6.92 Å². The summed E-state index contributed by atoms with van der Waals surface area (Å²) in [6.07, 6.45) is 0.0630. The maximum absolute atomic E-state index is 12.1. The first-order valence-corrected chi connectivity index (χ1v) is 7.77. The van der Waals surface area contributed by atoms with E-state index in [1.165, 1.54) is 12.1 Å². The maximum Gasteiger partial charge on any atom is 0.241 e. The summed E-state index contributed by atoms with van der Waals surface area (Å²) in [5, 5.41) is 0.293. The van der Waals surface area contributed by atoms with Gasteiger partial charge in [0.2, 0.25) is 10.0 Å². The highest BCUT2D eigenvalue weighted by Crippen LogP contribution is 2.25. The van der Waals surface area contributed by atoms with Crippen LogP contribution in [-0.4, -0.2) is 27.7 Å². The number of sulfonamides is 1. The van der Waals surface area contributed by atoms with Crippen LogP contribution >= 0.6 is 11.6 Å². The fraction of sp³-hybridized carbons (Fsp3) is 0.500. The average molecular weight is 307 g/mol. The van der Waals surface area contributed by atoms with Gasteiger partial charge in [-0.05, 0) is 38.5 Å². The molecule has 0 amide bonds. The van der Waals surface area contributed by atoms with Crippen molar-refractivity contribution >= 4 is 27.3 Å². The highest BCUT2D eigenvalue weighted by Gasteiger charge is 2.18. The van der Waals surface area contributed by atoms with Gasteiger partial charge < -0.3 is 10.5 Å². The van der Waals surface area contributed by atoms with Crippen molar-refractivity contribution in [3.05, 3.63) is 22.7 Å². The number of nitrogens with one attached hydrogen (secondary N) is 1. The molecule has 0 heterocycles. The molecule has 1 rings (SSSR count). The number of halogens is 1. The molecule has 108 valence electrons. The molecule has 5 nitrogen and oxygen atoms in total. The molecule has 3 N–H and O–H groups in total. The summed E-state index contributed by atoms with van der Waals surface area (Å²) in [5.74, 6) is 0. The summed E-state index contributed by atoms with van der Waals surface area (Å²) >= 11 is 5.83. The second-order valence-electron chi connectivity index (χ2n) is 4.44. The van der Waals surface area contributed by atoms with E-state index in [1.807, 2.05) is 13.8 Å². The molecule has 0 atom stereocenters. The monoisotopic (exact) mass is 306 g/mol. The van der Waals surface area contributed by atoms with E-state index in [4.69, 9.17) is 22.1 Å². The number of ether oxygens (including phenoxy) is 1. The van der Waals surface area contributed by atoms with E-state index >= 15 is 0 Å². The summed E-state index contributed by atoms with van der Waals surface area (Å²) in [6, 6.07) is 2.91. The Morgan fingerprint density at radius 1 is 1.42 bits per heavy atom. The second-order valence-corrected chi connectivity index (χ2v) is 6.61. The average Bonchev–Trinajstić information content (AvgIpc) is 2.29. The van der Waals surface area contributed by atoms with Gasteiger partial charge in [0.05, 0.1) is 17.6 Å². The lowest BCUT2D eigenvalue weighted by atomic mass is 10.2. The predicted molar refractivity (Wildman–Crippen MR) is 76.9 cm³/mol. The first-order chi connectivity index (χ1) is 8.74. The minimum Gasteiger partial charge on any atom is -0.398 e. The molecule has 0 unspecified atom stereocenters. The SMILES string of the molecule is Cc1c(N)cc(Cl)cc1S(=O)(=O)NCCOC(C)C. The Morgan fingerprint density at radius 3 is 2.63 bits per heavy atom. The van der Waals surface area contributed by atoms with Crippen LogP contribution in [0.1, 0.15) is 19.4 Å². The normalized spacial score (nSPS) is 12.1. The van der Waals surface area contributed by atoms with Gasteiger partial charge in [-0.2, -0.15) is 0 Å². The Hall–Kier alpha value is -0.820. The van der Waals surface area contributed by atoms with Gasteiger partial charge in [-0.1, -0.05) is 11.6 Å². The molecule has 19 heavy (non-hydrogen) atoms.